The second-order valence-electron chi connectivity index (χ2n) is 6.08. The van der Waals surface area contributed by atoms with Gasteiger partial charge in [-0.25, -0.2) is 0 Å². The third kappa shape index (κ3) is 3.60. The van der Waals surface area contributed by atoms with Gasteiger partial charge in [0.1, 0.15) is 0 Å². The van der Waals surface area contributed by atoms with Gasteiger partial charge < -0.3 is 9.80 Å². The minimum Gasteiger partial charge on any atom is -0.345 e. The predicted molar refractivity (Wildman–Crippen MR) is 79.5 cm³/mol. The van der Waals surface area contributed by atoms with Gasteiger partial charge in [-0.3, -0.25) is 9.48 Å². The van der Waals surface area contributed by atoms with Gasteiger partial charge in [0.15, 0.2) is 0 Å². The SMILES string of the molecule is Cc1c(CC(=O)N(C)CC2CCN(C)CC2)cnn1C. The number of carbonyl (C=O) groups excluding carboxylic acids is 1. The lowest BCUT2D eigenvalue weighted by Gasteiger charge is -2.31. The van der Waals surface area contributed by atoms with E-state index >= 15 is 0 Å². The lowest BCUT2D eigenvalue weighted by Crippen LogP contribution is -2.38. The van der Waals surface area contributed by atoms with E-state index < -0.39 is 0 Å². The largest absolute Gasteiger partial charge is 0.345 e. The molecule has 1 aromatic rings. The Morgan fingerprint density at radius 2 is 2.05 bits per heavy atom. The summed E-state index contributed by atoms with van der Waals surface area (Å²) in [5.74, 6) is 0.843. The zero-order valence-electron chi connectivity index (χ0n) is 13.1. The summed E-state index contributed by atoms with van der Waals surface area (Å²) in [6.45, 7) is 5.18. The summed E-state index contributed by atoms with van der Waals surface area (Å²) in [6.07, 6.45) is 4.65. The molecule has 5 nitrogen and oxygen atoms in total. The Morgan fingerprint density at radius 1 is 1.40 bits per heavy atom. The molecule has 0 bridgehead atoms. The average molecular weight is 278 g/mol. The second kappa shape index (κ2) is 6.39. The van der Waals surface area contributed by atoms with Gasteiger partial charge in [0.2, 0.25) is 5.91 Å². The highest BCUT2D eigenvalue weighted by atomic mass is 16.2. The Balaban J connectivity index is 1.84. The van der Waals surface area contributed by atoms with Gasteiger partial charge in [0.25, 0.3) is 0 Å². The number of rotatable bonds is 4. The number of likely N-dealkylation sites (tertiary alicyclic amines) is 1. The number of aryl methyl sites for hydroxylation is 1. The molecule has 5 heteroatoms. The fraction of sp³-hybridized carbons (Fsp3) is 0.733. The van der Waals surface area contributed by atoms with Gasteiger partial charge in [-0.05, 0) is 45.8 Å². The maximum absolute atomic E-state index is 12.3. The number of likely N-dealkylation sites (N-methyl/N-ethyl adjacent to an activating group) is 1. The first-order chi connectivity index (χ1) is 9.47. The third-order valence-corrected chi connectivity index (χ3v) is 4.47. The van der Waals surface area contributed by atoms with E-state index in [2.05, 4.69) is 17.0 Å². The van der Waals surface area contributed by atoms with Crippen LogP contribution >= 0.6 is 0 Å². The van der Waals surface area contributed by atoms with E-state index in [1.165, 1.54) is 12.8 Å². The molecule has 0 N–H and O–H groups in total. The van der Waals surface area contributed by atoms with Gasteiger partial charge in [0.05, 0.1) is 12.6 Å². The Bertz CT molecular complexity index is 460. The zero-order chi connectivity index (χ0) is 14.7. The van der Waals surface area contributed by atoms with Crippen molar-refractivity contribution < 1.29 is 4.79 Å². The number of piperidine rings is 1. The van der Waals surface area contributed by atoms with Crippen LogP contribution in [0.4, 0.5) is 0 Å². The average Bonchev–Trinajstić information content (AvgIpc) is 2.73. The van der Waals surface area contributed by atoms with Crippen molar-refractivity contribution in [3.05, 3.63) is 17.5 Å². The van der Waals surface area contributed by atoms with Gasteiger partial charge in [0, 0.05) is 31.9 Å². The highest BCUT2D eigenvalue weighted by Crippen LogP contribution is 2.17. The van der Waals surface area contributed by atoms with Crippen LogP contribution in [0.25, 0.3) is 0 Å². The summed E-state index contributed by atoms with van der Waals surface area (Å²) in [5.41, 5.74) is 2.11. The first-order valence-electron chi connectivity index (χ1n) is 7.37. The molecule has 0 spiro atoms. The van der Waals surface area contributed by atoms with E-state index in [0.29, 0.717) is 12.3 Å². The van der Waals surface area contributed by atoms with Crippen molar-refractivity contribution in [3.63, 3.8) is 0 Å². The molecule has 0 atom stereocenters. The normalized spacial score (nSPS) is 17.4. The molecule has 1 aliphatic rings. The van der Waals surface area contributed by atoms with Crippen LogP contribution in [0.2, 0.25) is 0 Å². The predicted octanol–water partition coefficient (Wildman–Crippen LogP) is 1.07. The Morgan fingerprint density at radius 3 is 2.60 bits per heavy atom. The maximum atomic E-state index is 12.3. The van der Waals surface area contributed by atoms with Crippen LogP contribution in [0.1, 0.15) is 24.1 Å². The molecule has 0 aliphatic carbocycles. The monoisotopic (exact) mass is 278 g/mol. The summed E-state index contributed by atoms with van der Waals surface area (Å²) in [7, 11) is 5.99. The second-order valence-corrected chi connectivity index (χ2v) is 6.08. The first-order valence-corrected chi connectivity index (χ1v) is 7.37. The third-order valence-electron chi connectivity index (χ3n) is 4.47. The number of carbonyl (C=O) groups is 1. The standard InChI is InChI=1S/C15H26N4O/c1-12-14(10-16-19(12)4)9-15(20)18(3)11-13-5-7-17(2)8-6-13/h10,13H,5-9,11H2,1-4H3. The molecule has 2 rings (SSSR count). The van der Waals surface area contributed by atoms with Gasteiger partial charge >= 0.3 is 0 Å². The van der Waals surface area contributed by atoms with Crippen molar-refractivity contribution >= 4 is 5.91 Å². The quantitative estimate of drug-likeness (QED) is 0.827. The fourth-order valence-corrected chi connectivity index (χ4v) is 2.75. The summed E-state index contributed by atoms with van der Waals surface area (Å²) in [4.78, 5) is 16.5. The highest BCUT2D eigenvalue weighted by Gasteiger charge is 2.21. The molecule has 1 amide bonds. The molecule has 112 valence electrons. The van der Waals surface area contributed by atoms with E-state index in [4.69, 9.17) is 0 Å². The Kier molecular flexibility index (Phi) is 4.81. The van der Waals surface area contributed by atoms with Gasteiger partial charge in [-0.15, -0.1) is 0 Å². The summed E-state index contributed by atoms with van der Waals surface area (Å²) < 4.78 is 1.82. The smallest absolute Gasteiger partial charge is 0.226 e. The molecule has 1 aliphatic heterocycles. The van der Waals surface area contributed by atoms with Crippen molar-refractivity contribution in [2.75, 3.05) is 33.7 Å². The Hall–Kier alpha value is -1.36. The Labute approximate surface area is 121 Å². The molecule has 1 aromatic heterocycles. The molecule has 1 fully saturated rings. The summed E-state index contributed by atoms with van der Waals surface area (Å²) in [5, 5.41) is 4.19. The minimum absolute atomic E-state index is 0.194. The van der Waals surface area contributed by atoms with Crippen LogP contribution in [0.15, 0.2) is 6.20 Å². The number of nitrogens with zero attached hydrogens (tertiary/aromatic N) is 4. The summed E-state index contributed by atoms with van der Waals surface area (Å²) in [6, 6.07) is 0. The van der Waals surface area contributed by atoms with Crippen LogP contribution in [0.5, 0.6) is 0 Å². The van der Waals surface area contributed by atoms with E-state index in [1.807, 2.05) is 30.6 Å². The molecule has 2 heterocycles. The van der Waals surface area contributed by atoms with Crippen molar-refractivity contribution in [3.8, 4) is 0 Å². The van der Waals surface area contributed by atoms with E-state index in [-0.39, 0.29) is 5.91 Å². The molecule has 20 heavy (non-hydrogen) atoms. The zero-order valence-corrected chi connectivity index (χ0v) is 13.1. The molecule has 0 radical (unpaired) electrons. The van der Waals surface area contributed by atoms with Crippen LogP contribution in [-0.4, -0.2) is 59.2 Å². The maximum Gasteiger partial charge on any atom is 0.226 e. The van der Waals surface area contributed by atoms with Gasteiger partial charge in [-0.1, -0.05) is 0 Å². The van der Waals surface area contributed by atoms with Crippen molar-refractivity contribution in [1.29, 1.82) is 0 Å². The first kappa shape index (κ1) is 15.0. The number of hydrogen-bond donors (Lipinski definition) is 0. The molecule has 1 saturated heterocycles. The van der Waals surface area contributed by atoms with Crippen molar-refractivity contribution in [2.45, 2.75) is 26.2 Å². The number of aromatic nitrogens is 2. The molecular formula is C15H26N4O. The molecule has 0 aromatic carbocycles. The molecular weight excluding hydrogens is 252 g/mol. The van der Waals surface area contributed by atoms with Crippen LogP contribution < -0.4 is 0 Å². The fourth-order valence-electron chi connectivity index (χ4n) is 2.75. The number of amides is 1. The van der Waals surface area contributed by atoms with Gasteiger partial charge in [-0.2, -0.15) is 5.10 Å². The van der Waals surface area contributed by atoms with Crippen LogP contribution in [-0.2, 0) is 18.3 Å². The minimum atomic E-state index is 0.194. The van der Waals surface area contributed by atoms with Crippen LogP contribution in [0.3, 0.4) is 0 Å². The van der Waals surface area contributed by atoms with E-state index in [9.17, 15) is 4.79 Å². The lowest BCUT2D eigenvalue weighted by molar-refractivity contribution is -0.129. The molecule has 0 saturated carbocycles. The van der Waals surface area contributed by atoms with E-state index in [1.54, 1.807) is 6.20 Å². The van der Waals surface area contributed by atoms with Crippen LogP contribution in [0, 0.1) is 12.8 Å². The molecule has 0 unspecified atom stereocenters. The number of hydrogen-bond acceptors (Lipinski definition) is 3. The summed E-state index contributed by atoms with van der Waals surface area (Å²) >= 11 is 0. The highest BCUT2D eigenvalue weighted by molar-refractivity contribution is 5.78. The van der Waals surface area contributed by atoms with E-state index in [0.717, 1.165) is 30.9 Å². The lowest BCUT2D eigenvalue weighted by atomic mass is 9.96. The topological polar surface area (TPSA) is 41.4 Å². The van der Waals surface area contributed by atoms with Crippen molar-refractivity contribution in [2.24, 2.45) is 13.0 Å². The van der Waals surface area contributed by atoms with Crippen molar-refractivity contribution in [1.82, 2.24) is 19.6 Å².